The molecule has 0 unspecified atom stereocenters. The Bertz CT molecular complexity index is 1150. The molecule has 1 aromatic carbocycles. The van der Waals surface area contributed by atoms with Gasteiger partial charge >= 0.3 is 6.18 Å². The summed E-state index contributed by atoms with van der Waals surface area (Å²) in [5, 5.41) is 4.42. The normalized spacial score (nSPS) is 11.8. The average molecular weight is 357 g/mol. The lowest BCUT2D eigenvalue weighted by Crippen LogP contribution is -2.07. The zero-order valence-corrected chi connectivity index (χ0v) is 13.0. The van der Waals surface area contributed by atoms with Crippen LogP contribution in [0.15, 0.2) is 59.8 Å². The molecule has 4 rings (SSSR count). The molecule has 0 aliphatic rings. The number of hydrogen-bond acceptors (Lipinski definition) is 4. The van der Waals surface area contributed by atoms with Crippen LogP contribution in [0.1, 0.15) is 5.56 Å². The molecule has 0 aliphatic heterocycles. The molecule has 3 aromatic heterocycles. The van der Waals surface area contributed by atoms with Crippen molar-refractivity contribution in [2.24, 2.45) is 0 Å². The van der Waals surface area contributed by atoms with E-state index >= 15 is 0 Å². The van der Waals surface area contributed by atoms with Crippen LogP contribution in [0.3, 0.4) is 0 Å². The zero-order chi connectivity index (χ0) is 18.3. The van der Waals surface area contributed by atoms with Crippen molar-refractivity contribution in [1.29, 1.82) is 0 Å². The molecule has 9 heteroatoms. The van der Waals surface area contributed by atoms with Crippen LogP contribution in [0.25, 0.3) is 28.1 Å². The summed E-state index contributed by atoms with van der Waals surface area (Å²) in [5.41, 5.74) is 1.07. The zero-order valence-electron chi connectivity index (χ0n) is 13.0. The first-order valence-corrected chi connectivity index (χ1v) is 7.50. The number of halogens is 3. The van der Waals surface area contributed by atoms with Gasteiger partial charge in [-0.2, -0.15) is 18.3 Å². The first-order valence-electron chi connectivity index (χ1n) is 7.50. The topological polar surface area (TPSA) is 76.5 Å². The van der Waals surface area contributed by atoms with Crippen LogP contribution < -0.4 is 5.56 Å². The number of benzene rings is 1. The number of nitrogens with one attached hydrogen (secondary N) is 1. The number of hydrogen-bond donors (Lipinski definition) is 1. The maximum atomic E-state index is 12.8. The van der Waals surface area contributed by atoms with Crippen molar-refractivity contribution in [2.45, 2.75) is 6.18 Å². The predicted molar refractivity (Wildman–Crippen MR) is 87.7 cm³/mol. The minimum absolute atomic E-state index is 0.314. The Balaban J connectivity index is 1.90. The number of aromatic nitrogens is 5. The molecule has 26 heavy (non-hydrogen) atoms. The molecule has 0 amide bonds. The quantitative estimate of drug-likeness (QED) is 0.598. The summed E-state index contributed by atoms with van der Waals surface area (Å²) in [5.74, 6) is 0. The van der Waals surface area contributed by atoms with Gasteiger partial charge in [-0.25, -0.2) is 14.6 Å². The van der Waals surface area contributed by atoms with Gasteiger partial charge in [-0.15, -0.1) is 0 Å². The lowest BCUT2D eigenvalue weighted by Gasteiger charge is -2.06. The number of rotatable bonds is 2. The minimum atomic E-state index is -4.41. The maximum absolute atomic E-state index is 12.8. The van der Waals surface area contributed by atoms with E-state index in [2.05, 4.69) is 20.1 Å². The summed E-state index contributed by atoms with van der Waals surface area (Å²) in [6, 6.07) is 7.63. The van der Waals surface area contributed by atoms with Crippen LogP contribution >= 0.6 is 0 Å². The summed E-state index contributed by atoms with van der Waals surface area (Å²) in [6.45, 7) is 0. The lowest BCUT2D eigenvalue weighted by atomic mass is 10.1. The molecule has 0 saturated carbocycles. The third-order valence-electron chi connectivity index (χ3n) is 3.79. The highest BCUT2D eigenvalue weighted by Crippen LogP contribution is 2.32. The summed E-state index contributed by atoms with van der Waals surface area (Å²) < 4.78 is 39.7. The molecule has 0 bridgehead atoms. The van der Waals surface area contributed by atoms with Crippen LogP contribution in [-0.2, 0) is 6.18 Å². The largest absolute Gasteiger partial charge is 0.416 e. The summed E-state index contributed by atoms with van der Waals surface area (Å²) >= 11 is 0. The smallest absolute Gasteiger partial charge is 0.329 e. The Morgan fingerprint density at radius 1 is 1.00 bits per heavy atom. The van der Waals surface area contributed by atoms with Crippen LogP contribution in [0.2, 0.25) is 0 Å². The van der Waals surface area contributed by atoms with Crippen molar-refractivity contribution >= 4 is 11.2 Å². The average Bonchev–Trinajstić information content (AvgIpc) is 3.01. The molecule has 0 fully saturated rings. The van der Waals surface area contributed by atoms with Crippen LogP contribution in [0.5, 0.6) is 0 Å². The molecule has 0 spiro atoms. The fourth-order valence-corrected chi connectivity index (χ4v) is 2.60. The van der Waals surface area contributed by atoms with Gasteiger partial charge in [-0.1, -0.05) is 12.1 Å². The molecule has 130 valence electrons. The molecule has 4 aromatic rings. The number of nitrogens with zero attached hydrogens (tertiary/aromatic N) is 4. The number of pyridine rings is 1. The third-order valence-corrected chi connectivity index (χ3v) is 3.79. The Kier molecular flexibility index (Phi) is 3.57. The maximum Gasteiger partial charge on any atom is 0.416 e. The van der Waals surface area contributed by atoms with E-state index in [0.29, 0.717) is 28.1 Å². The van der Waals surface area contributed by atoms with Gasteiger partial charge in [0.05, 0.1) is 11.3 Å². The Labute approximate surface area is 144 Å². The van der Waals surface area contributed by atoms with Crippen LogP contribution in [0.4, 0.5) is 13.2 Å². The van der Waals surface area contributed by atoms with Gasteiger partial charge in [-0.05, 0) is 18.2 Å². The molecular weight excluding hydrogens is 347 g/mol. The van der Waals surface area contributed by atoms with Crippen molar-refractivity contribution in [3.8, 4) is 16.9 Å². The van der Waals surface area contributed by atoms with Gasteiger partial charge < -0.3 is 4.98 Å². The van der Waals surface area contributed by atoms with Crippen LogP contribution in [-0.4, -0.2) is 24.7 Å². The summed E-state index contributed by atoms with van der Waals surface area (Å²) in [6.07, 6.45) is 0.00806. The van der Waals surface area contributed by atoms with Crippen molar-refractivity contribution < 1.29 is 13.2 Å². The number of aromatic amines is 1. The van der Waals surface area contributed by atoms with Gasteiger partial charge in [0.1, 0.15) is 11.2 Å². The van der Waals surface area contributed by atoms with E-state index < -0.39 is 11.7 Å². The summed E-state index contributed by atoms with van der Waals surface area (Å²) in [4.78, 5) is 22.6. The molecule has 0 radical (unpaired) electrons. The van der Waals surface area contributed by atoms with Crippen molar-refractivity contribution in [1.82, 2.24) is 24.7 Å². The predicted octanol–water partition coefficient (Wildman–Crippen LogP) is 3.19. The lowest BCUT2D eigenvalue weighted by molar-refractivity contribution is -0.137. The second-order valence-electron chi connectivity index (χ2n) is 5.48. The molecule has 6 nitrogen and oxygen atoms in total. The number of alkyl halides is 3. The number of fused-ring (bicyclic) bond motifs is 1. The Hall–Kier alpha value is -3.49. The van der Waals surface area contributed by atoms with Crippen molar-refractivity contribution in [3.63, 3.8) is 0 Å². The Morgan fingerprint density at radius 2 is 1.73 bits per heavy atom. The van der Waals surface area contributed by atoms with E-state index in [1.165, 1.54) is 41.5 Å². The monoisotopic (exact) mass is 357 g/mol. The van der Waals surface area contributed by atoms with E-state index in [1.807, 2.05) is 0 Å². The molecule has 1 N–H and O–H groups in total. The standard InChI is InChI=1S/C17H10F3N5O/c18-17(19,20)11-3-1-10(2-4-11)14-15-16(23-8-7-22-15)25(24-14)12-5-6-21-13(26)9-12/h1-9H,(H,21,26). The highest BCUT2D eigenvalue weighted by Gasteiger charge is 2.30. The van der Waals surface area contributed by atoms with E-state index in [4.69, 9.17) is 0 Å². The fourth-order valence-electron chi connectivity index (χ4n) is 2.60. The van der Waals surface area contributed by atoms with E-state index in [9.17, 15) is 18.0 Å². The van der Waals surface area contributed by atoms with Crippen molar-refractivity contribution in [2.75, 3.05) is 0 Å². The van der Waals surface area contributed by atoms with E-state index in [-0.39, 0.29) is 5.56 Å². The van der Waals surface area contributed by atoms with Gasteiger partial charge in [0.25, 0.3) is 0 Å². The third kappa shape index (κ3) is 2.73. The first kappa shape index (κ1) is 16.0. The van der Waals surface area contributed by atoms with Gasteiger partial charge in [0.15, 0.2) is 5.65 Å². The molecule has 3 heterocycles. The summed E-state index contributed by atoms with van der Waals surface area (Å²) in [7, 11) is 0. The van der Waals surface area contributed by atoms with Crippen molar-refractivity contribution in [3.05, 3.63) is 70.9 Å². The molecule has 0 aliphatic carbocycles. The first-order chi connectivity index (χ1) is 12.4. The van der Waals surface area contributed by atoms with Gasteiger partial charge in [0, 0.05) is 30.2 Å². The Morgan fingerprint density at radius 3 is 2.42 bits per heavy atom. The second-order valence-corrected chi connectivity index (χ2v) is 5.48. The molecule has 0 atom stereocenters. The van der Waals surface area contributed by atoms with Gasteiger partial charge in [-0.3, -0.25) is 4.79 Å². The SMILES string of the molecule is O=c1cc(-n2nc(-c3ccc(C(F)(F)F)cc3)c3nccnc32)cc[nH]1. The molecule has 0 saturated heterocycles. The molecular formula is C17H10F3N5O. The highest BCUT2D eigenvalue weighted by atomic mass is 19.4. The second kappa shape index (κ2) is 5.80. The van der Waals surface area contributed by atoms with Crippen LogP contribution in [0, 0.1) is 0 Å². The van der Waals surface area contributed by atoms with E-state index in [1.54, 1.807) is 6.07 Å². The minimum Gasteiger partial charge on any atom is -0.329 e. The van der Waals surface area contributed by atoms with E-state index in [0.717, 1.165) is 12.1 Å². The van der Waals surface area contributed by atoms with Gasteiger partial charge in [0.2, 0.25) is 5.56 Å². The fraction of sp³-hybridized carbons (Fsp3) is 0.0588. The highest BCUT2D eigenvalue weighted by molar-refractivity contribution is 5.88. The number of H-pyrrole nitrogens is 1.